The van der Waals surface area contributed by atoms with Crippen LogP contribution < -0.4 is 10.6 Å². The molecule has 0 saturated heterocycles. The predicted octanol–water partition coefficient (Wildman–Crippen LogP) is 4.29. The molecule has 0 spiro atoms. The summed E-state index contributed by atoms with van der Waals surface area (Å²) in [6.07, 6.45) is -10.2. The molecule has 0 bridgehead atoms. The minimum Gasteiger partial charge on any atom is -0.480 e. The van der Waals surface area contributed by atoms with Gasteiger partial charge >= 0.3 is 24.4 Å². The maximum absolute atomic E-state index is 13.1. The Labute approximate surface area is 192 Å². The third-order valence-electron chi connectivity index (χ3n) is 4.72. The van der Waals surface area contributed by atoms with E-state index in [0.717, 1.165) is 12.1 Å². The number of alkyl halides is 6. The van der Waals surface area contributed by atoms with Gasteiger partial charge in [0.25, 0.3) is 5.60 Å². The number of carbonyl (C=O) groups is 2. The SMILES string of the molecule is CSCCC(NC(=O)Nc1noc(C)c1-c1ccc(C(O)(C(F)(F)F)C(F)(F)F)cc1)C(=O)O. The van der Waals surface area contributed by atoms with Gasteiger partial charge in [0, 0.05) is 5.56 Å². The fourth-order valence-electron chi connectivity index (χ4n) is 2.96. The number of hydrogen-bond acceptors (Lipinski definition) is 6. The summed E-state index contributed by atoms with van der Waals surface area (Å²) in [6.45, 7) is 1.37. The number of rotatable bonds is 8. The average molecular weight is 515 g/mol. The Bertz CT molecular complexity index is 1010. The third kappa shape index (κ3) is 5.58. The van der Waals surface area contributed by atoms with Crippen molar-refractivity contribution in [3.05, 3.63) is 35.6 Å². The summed E-state index contributed by atoms with van der Waals surface area (Å²) in [5, 5.41) is 26.8. The minimum atomic E-state index is -6.04. The van der Waals surface area contributed by atoms with E-state index in [-0.39, 0.29) is 29.1 Å². The highest BCUT2D eigenvalue weighted by Crippen LogP contribution is 2.50. The van der Waals surface area contributed by atoms with Crippen LogP contribution in [0.15, 0.2) is 28.8 Å². The fraction of sp³-hybridized carbons (Fsp3) is 0.421. The van der Waals surface area contributed by atoms with E-state index in [1.54, 1.807) is 6.26 Å². The molecular formula is C19H19F6N3O5S. The summed E-state index contributed by atoms with van der Waals surface area (Å²) < 4.78 is 83.4. The highest BCUT2D eigenvalue weighted by molar-refractivity contribution is 7.98. The zero-order valence-electron chi connectivity index (χ0n) is 17.5. The van der Waals surface area contributed by atoms with E-state index in [0.29, 0.717) is 17.9 Å². The summed E-state index contributed by atoms with van der Waals surface area (Å²) in [6, 6.07) is 0.414. The molecule has 15 heteroatoms. The highest BCUT2D eigenvalue weighted by Gasteiger charge is 2.71. The summed E-state index contributed by atoms with van der Waals surface area (Å²) in [4.78, 5) is 23.5. The van der Waals surface area contributed by atoms with Crippen LogP contribution in [0.25, 0.3) is 11.1 Å². The molecule has 1 heterocycles. The third-order valence-corrected chi connectivity index (χ3v) is 5.36. The first-order valence-corrected chi connectivity index (χ1v) is 10.7. The lowest BCUT2D eigenvalue weighted by molar-refractivity contribution is -0.376. The Morgan fingerprint density at radius 2 is 1.68 bits per heavy atom. The summed E-state index contributed by atoms with van der Waals surface area (Å²) in [7, 11) is 0. The largest absolute Gasteiger partial charge is 0.480 e. The first kappa shape index (κ1) is 27.3. The second-order valence-electron chi connectivity index (χ2n) is 7.02. The summed E-state index contributed by atoms with van der Waals surface area (Å²) in [5.41, 5.74) is -6.51. The standard InChI is InChI=1S/C19H19F6N3O5S/c1-9-13(14(28-33-9)27-16(31)26-12(15(29)30)7-8-34-2)10-3-5-11(6-4-10)17(32,18(20,21)22)19(23,24)25/h3-6,12,32H,7-8H2,1-2H3,(H,29,30)(H2,26,27,28,31). The van der Waals surface area contributed by atoms with Crippen LogP contribution in [0.5, 0.6) is 0 Å². The lowest BCUT2D eigenvalue weighted by atomic mass is 9.90. The summed E-state index contributed by atoms with van der Waals surface area (Å²) in [5.74, 6) is -1.03. The van der Waals surface area contributed by atoms with Gasteiger partial charge in [-0.15, -0.1) is 0 Å². The molecule has 1 aromatic carbocycles. The van der Waals surface area contributed by atoms with Crippen molar-refractivity contribution in [3.63, 3.8) is 0 Å². The van der Waals surface area contributed by atoms with Gasteiger partial charge in [0.1, 0.15) is 11.8 Å². The van der Waals surface area contributed by atoms with Gasteiger partial charge < -0.3 is 20.1 Å². The molecule has 34 heavy (non-hydrogen) atoms. The first-order chi connectivity index (χ1) is 15.6. The number of hydrogen-bond donors (Lipinski definition) is 4. The van der Waals surface area contributed by atoms with Crippen LogP contribution in [-0.4, -0.2) is 57.8 Å². The molecule has 0 aliphatic heterocycles. The van der Waals surface area contributed by atoms with Crippen molar-refractivity contribution in [1.82, 2.24) is 10.5 Å². The van der Waals surface area contributed by atoms with Crippen molar-refractivity contribution in [2.45, 2.75) is 37.3 Å². The van der Waals surface area contributed by atoms with Crippen LogP contribution in [0.1, 0.15) is 17.7 Å². The molecule has 188 valence electrons. The quantitative estimate of drug-likeness (QED) is 0.387. The number of carboxylic acid groups (broad SMARTS) is 1. The normalized spacial score (nSPS) is 13.4. The number of aromatic nitrogens is 1. The van der Waals surface area contributed by atoms with Gasteiger partial charge in [-0.05, 0) is 30.9 Å². The molecule has 1 atom stereocenters. The number of anilines is 1. The zero-order chi connectivity index (χ0) is 25.9. The molecule has 2 amide bonds. The van der Waals surface area contributed by atoms with Gasteiger partial charge in [-0.1, -0.05) is 29.4 Å². The summed E-state index contributed by atoms with van der Waals surface area (Å²) >= 11 is 1.37. The number of nitrogens with zero attached hydrogens (tertiary/aromatic N) is 1. The van der Waals surface area contributed by atoms with Gasteiger partial charge in [-0.25, -0.2) is 9.59 Å². The molecule has 0 radical (unpaired) electrons. The predicted molar refractivity (Wildman–Crippen MR) is 109 cm³/mol. The fourth-order valence-corrected chi connectivity index (χ4v) is 3.43. The average Bonchev–Trinajstić information content (AvgIpc) is 3.08. The van der Waals surface area contributed by atoms with Crippen LogP contribution in [0, 0.1) is 6.92 Å². The minimum absolute atomic E-state index is 0.0154. The van der Waals surface area contributed by atoms with E-state index in [2.05, 4.69) is 15.8 Å². The van der Waals surface area contributed by atoms with Crippen LogP contribution in [0.4, 0.5) is 37.0 Å². The molecule has 2 rings (SSSR count). The van der Waals surface area contributed by atoms with Crippen LogP contribution in [0.2, 0.25) is 0 Å². The Balaban J connectivity index is 2.33. The molecular weight excluding hydrogens is 496 g/mol. The van der Waals surface area contributed by atoms with Crippen molar-refractivity contribution in [1.29, 1.82) is 0 Å². The lowest BCUT2D eigenvalue weighted by Gasteiger charge is -2.32. The zero-order valence-corrected chi connectivity index (χ0v) is 18.4. The number of aliphatic hydroxyl groups is 1. The smallest absolute Gasteiger partial charge is 0.430 e. The van der Waals surface area contributed by atoms with E-state index in [4.69, 9.17) is 4.52 Å². The maximum Gasteiger partial charge on any atom is 0.430 e. The monoisotopic (exact) mass is 515 g/mol. The molecule has 1 aromatic heterocycles. The van der Waals surface area contributed by atoms with E-state index < -0.39 is 41.6 Å². The van der Waals surface area contributed by atoms with Crippen molar-refractivity contribution >= 4 is 29.6 Å². The first-order valence-electron chi connectivity index (χ1n) is 9.35. The number of aryl methyl sites for hydroxylation is 1. The molecule has 4 N–H and O–H groups in total. The molecule has 0 saturated carbocycles. The van der Waals surface area contributed by atoms with E-state index in [1.807, 2.05) is 0 Å². The number of carbonyl (C=O) groups excluding carboxylic acids is 1. The molecule has 0 aliphatic rings. The van der Waals surface area contributed by atoms with Gasteiger partial charge in [0.05, 0.1) is 5.56 Å². The van der Waals surface area contributed by atoms with Gasteiger partial charge in [0.2, 0.25) is 0 Å². The topological polar surface area (TPSA) is 125 Å². The number of carboxylic acids is 1. The van der Waals surface area contributed by atoms with Crippen molar-refractivity contribution in [2.75, 3.05) is 17.3 Å². The Kier molecular flexibility index (Phi) is 8.14. The number of aliphatic carboxylic acids is 1. The number of thioether (sulfide) groups is 1. The number of nitrogens with one attached hydrogen (secondary N) is 2. The molecule has 2 aromatic rings. The van der Waals surface area contributed by atoms with Gasteiger partial charge in [-0.2, -0.15) is 38.1 Å². The molecule has 8 nitrogen and oxygen atoms in total. The maximum atomic E-state index is 13.1. The molecule has 0 aliphatic carbocycles. The van der Waals surface area contributed by atoms with Gasteiger partial charge in [-0.3, -0.25) is 5.32 Å². The highest BCUT2D eigenvalue weighted by atomic mass is 32.2. The van der Waals surface area contributed by atoms with Crippen molar-refractivity contribution in [2.24, 2.45) is 0 Å². The lowest BCUT2D eigenvalue weighted by Crippen LogP contribution is -2.53. The number of amides is 2. The Hall–Kier alpha value is -2.94. The number of benzene rings is 1. The second kappa shape index (κ2) is 10.1. The number of urea groups is 1. The van der Waals surface area contributed by atoms with Crippen LogP contribution in [-0.2, 0) is 10.4 Å². The van der Waals surface area contributed by atoms with Gasteiger partial charge in [0.15, 0.2) is 5.82 Å². The van der Waals surface area contributed by atoms with E-state index in [9.17, 15) is 46.1 Å². The van der Waals surface area contributed by atoms with E-state index >= 15 is 0 Å². The van der Waals surface area contributed by atoms with Crippen molar-refractivity contribution in [3.8, 4) is 11.1 Å². The molecule has 0 fully saturated rings. The second-order valence-corrected chi connectivity index (χ2v) is 8.00. The van der Waals surface area contributed by atoms with Crippen molar-refractivity contribution < 1.29 is 50.7 Å². The number of halogens is 6. The van der Waals surface area contributed by atoms with Crippen LogP contribution in [0.3, 0.4) is 0 Å². The molecule has 1 unspecified atom stereocenters. The Morgan fingerprint density at radius 1 is 1.12 bits per heavy atom. The van der Waals surface area contributed by atoms with E-state index in [1.165, 1.54) is 18.7 Å². The van der Waals surface area contributed by atoms with Crippen LogP contribution >= 0.6 is 11.8 Å². The Morgan fingerprint density at radius 3 is 2.15 bits per heavy atom.